The zero-order chi connectivity index (χ0) is 31.1. The minimum Gasteiger partial charge on any atom is -0.496 e. The molecule has 0 aliphatic carbocycles. The first-order valence-electron chi connectivity index (χ1n) is 13.9. The number of carbonyl (C=O) groups excluding carboxylic acids is 1. The van der Waals surface area contributed by atoms with E-state index in [1.807, 2.05) is 34.9 Å². The average Bonchev–Trinajstić information content (AvgIpc) is 3.35. The van der Waals surface area contributed by atoms with Crippen molar-refractivity contribution in [3.8, 4) is 23.0 Å². The molecule has 1 N–H and O–H groups in total. The Morgan fingerprint density at radius 1 is 1.00 bits per heavy atom. The predicted molar refractivity (Wildman–Crippen MR) is 165 cm³/mol. The predicted octanol–water partition coefficient (Wildman–Crippen LogP) is 5.94. The molecule has 10 nitrogen and oxygen atoms in total. The number of amides is 1. The summed E-state index contributed by atoms with van der Waals surface area (Å²) >= 11 is 6.92. The Bertz CT molecular complexity index is 1600. The van der Waals surface area contributed by atoms with Gasteiger partial charge in [0.1, 0.15) is 28.6 Å². The summed E-state index contributed by atoms with van der Waals surface area (Å²) in [5.41, 5.74) is 2.65. The van der Waals surface area contributed by atoms with Crippen molar-refractivity contribution in [2.45, 2.75) is 33.4 Å². The van der Waals surface area contributed by atoms with Gasteiger partial charge in [-0.05, 0) is 36.6 Å². The Balaban J connectivity index is 1.95. The van der Waals surface area contributed by atoms with Crippen LogP contribution in [0.1, 0.15) is 31.7 Å². The topological polar surface area (TPSA) is 109 Å². The van der Waals surface area contributed by atoms with Crippen molar-refractivity contribution in [3.63, 3.8) is 0 Å². The molecule has 11 heteroatoms. The van der Waals surface area contributed by atoms with Gasteiger partial charge in [-0.15, -0.1) is 0 Å². The Hall–Kier alpha value is -4.28. The number of carboxylic acids is 1. The molecule has 1 unspecified atom stereocenters. The van der Waals surface area contributed by atoms with Crippen LogP contribution in [0.25, 0.3) is 11.0 Å². The van der Waals surface area contributed by atoms with Crippen molar-refractivity contribution in [1.82, 2.24) is 14.0 Å². The van der Waals surface area contributed by atoms with Crippen LogP contribution in [0.15, 0.2) is 54.6 Å². The van der Waals surface area contributed by atoms with Crippen LogP contribution in [-0.4, -0.2) is 61.5 Å². The summed E-state index contributed by atoms with van der Waals surface area (Å²) in [4.78, 5) is 29.5. The number of fused-ring (bicyclic) bond motifs is 1. The van der Waals surface area contributed by atoms with E-state index in [1.165, 1.54) is 14.2 Å². The van der Waals surface area contributed by atoms with E-state index in [0.29, 0.717) is 59.0 Å². The molecule has 0 bridgehead atoms. The minimum absolute atomic E-state index is 0.146. The number of halogens is 1. The lowest BCUT2D eigenvalue weighted by molar-refractivity contribution is -0.139. The number of ether oxygens (including phenoxy) is 4. The third-order valence-corrected chi connectivity index (χ3v) is 7.73. The second kappa shape index (κ2) is 13.8. The molecule has 0 saturated heterocycles. The molecule has 0 spiro atoms. The average molecular weight is 611 g/mol. The molecule has 43 heavy (non-hydrogen) atoms. The highest BCUT2D eigenvalue weighted by Crippen LogP contribution is 2.44. The number of carboxylic acid groups (broad SMARTS) is 1. The fourth-order valence-corrected chi connectivity index (χ4v) is 5.52. The molecule has 4 aromatic rings. The van der Waals surface area contributed by atoms with Crippen molar-refractivity contribution < 1.29 is 33.6 Å². The number of imidazole rings is 1. The number of rotatable bonds is 15. The summed E-state index contributed by atoms with van der Waals surface area (Å²) < 4.78 is 24.1. The lowest BCUT2D eigenvalue weighted by Gasteiger charge is -2.33. The van der Waals surface area contributed by atoms with E-state index in [9.17, 15) is 14.7 Å². The SMILES string of the molecule is COc1ccccc1Cn1c(C[N+](C=O)(CCC(C)C)c2ccc(OC)c(OC)c2Cl)nc2c(OCC(=O)O)cccc21. The van der Waals surface area contributed by atoms with Gasteiger partial charge in [-0.3, -0.25) is 0 Å². The first kappa shape index (κ1) is 31.7. The van der Waals surface area contributed by atoms with Crippen molar-refractivity contribution >= 4 is 40.7 Å². The van der Waals surface area contributed by atoms with Crippen molar-refractivity contribution in [1.29, 1.82) is 0 Å². The number of hydrogen-bond donors (Lipinski definition) is 1. The Kier molecular flexibility index (Phi) is 10.2. The van der Waals surface area contributed by atoms with E-state index in [2.05, 4.69) is 13.8 Å². The van der Waals surface area contributed by atoms with Gasteiger partial charge in [0, 0.05) is 11.6 Å². The molecule has 3 aromatic carbocycles. The maximum atomic E-state index is 13.3. The largest absolute Gasteiger partial charge is 0.496 e. The second-order valence-electron chi connectivity index (χ2n) is 10.6. The van der Waals surface area contributed by atoms with Crippen LogP contribution in [0, 0.1) is 5.92 Å². The first-order valence-corrected chi connectivity index (χ1v) is 14.2. The van der Waals surface area contributed by atoms with Crippen molar-refractivity contribution in [2.24, 2.45) is 5.92 Å². The first-order chi connectivity index (χ1) is 20.7. The normalized spacial score (nSPS) is 12.6. The lowest BCUT2D eigenvalue weighted by atomic mass is 10.1. The second-order valence-corrected chi connectivity index (χ2v) is 10.9. The van der Waals surface area contributed by atoms with E-state index >= 15 is 0 Å². The maximum Gasteiger partial charge on any atom is 0.341 e. The van der Waals surface area contributed by atoms with Gasteiger partial charge in [-0.25, -0.2) is 19.1 Å². The molecule has 1 heterocycles. The number of para-hydroxylation sites is 2. The minimum atomic E-state index is -1.10. The quantitative estimate of drug-likeness (QED) is 0.130. The number of quaternary nitrogens is 1. The Morgan fingerprint density at radius 2 is 1.72 bits per heavy atom. The lowest BCUT2D eigenvalue weighted by Crippen LogP contribution is -2.49. The molecular weight excluding hydrogens is 574 g/mol. The smallest absolute Gasteiger partial charge is 0.341 e. The third-order valence-electron chi connectivity index (χ3n) is 7.37. The number of aromatic nitrogens is 2. The number of nitrogens with zero attached hydrogens (tertiary/aromatic N) is 3. The summed E-state index contributed by atoms with van der Waals surface area (Å²) in [6.45, 7) is 4.64. The maximum absolute atomic E-state index is 13.3. The molecule has 0 fully saturated rings. The van der Waals surface area contributed by atoms with Crippen LogP contribution in [0.3, 0.4) is 0 Å². The molecule has 1 amide bonds. The van der Waals surface area contributed by atoms with Crippen LogP contribution in [0.4, 0.5) is 5.69 Å². The summed E-state index contributed by atoms with van der Waals surface area (Å²) in [5, 5.41) is 9.52. The van der Waals surface area contributed by atoms with Gasteiger partial charge < -0.3 is 28.6 Å². The summed E-state index contributed by atoms with van der Waals surface area (Å²) in [6, 6.07) is 16.5. The van der Waals surface area contributed by atoms with E-state index in [4.69, 9.17) is 35.5 Å². The monoisotopic (exact) mass is 610 g/mol. The summed E-state index contributed by atoms with van der Waals surface area (Å²) in [5.74, 6) is 1.60. The van der Waals surface area contributed by atoms with Gasteiger partial charge in [0.25, 0.3) is 0 Å². The van der Waals surface area contributed by atoms with Crippen LogP contribution >= 0.6 is 11.6 Å². The highest BCUT2D eigenvalue weighted by atomic mass is 35.5. The van der Waals surface area contributed by atoms with E-state index in [0.717, 1.165) is 23.9 Å². The molecule has 228 valence electrons. The van der Waals surface area contributed by atoms with Gasteiger partial charge in [0.05, 0.1) is 39.9 Å². The fourth-order valence-electron chi connectivity index (χ4n) is 5.12. The van der Waals surface area contributed by atoms with Crippen LogP contribution in [-0.2, 0) is 22.7 Å². The molecule has 4 rings (SSSR count). The molecule has 0 aliphatic heterocycles. The van der Waals surface area contributed by atoms with Gasteiger partial charge in [-0.1, -0.05) is 49.7 Å². The number of methoxy groups -OCH3 is 3. The van der Waals surface area contributed by atoms with E-state index in [1.54, 1.807) is 31.4 Å². The molecule has 0 radical (unpaired) electrons. The zero-order valence-electron chi connectivity index (χ0n) is 25.0. The highest BCUT2D eigenvalue weighted by molar-refractivity contribution is 6.35. The molecular formula is C32H37ClN3O7+. The van der Waals surface area contributed by atoms with Crippen LogP contribution < -0.4 is 23.4 Å². The zero-order valence-corrected chi connectivity index (χ0v) is 25.8. The molecule has 0 aliphatic rings. The van der Waals surface area contributed by atoms with Gasteiger partial charge in [0.2, 0.25) is 0 Å². The fraction of sp³-hybridized carbons (Fsp3) is 0.344. The number of hydrogen-bond acceptors (Lipinski definition) is 7. The van der Waals surface area contributed by atoms with Crippen LogP contribution in [0.2, 0.25) is 5.02 Å². The van der Waals surface area contributed by atoms with E-state index in [-0.39, 0.29) is 16.1 Å². The van der Waals surface area contributed by atoms with Crippen LogP contribution in [0.5, 0.6) is 23.0 Å². The molecule has 1 atom stereocenters. The van der Waals surface area contributed by atoms with Gasteiger partial charge in [-0.2, -0.15) is 0 Å². The summed E-state index contributed by atoms with van der Waals surface area (Å²) in [7, 11) is 4.64. The number of benzene rings is 3. The van der Waals surface area contributed by atoms with Crippen molar-refractivity contribution in [3.05, 3.63) is 71.0 Å². The third kappa shape index (κ3) is 6.71. The molecule has 0 saturated carbocycles. The molecule has 1 aromatic heterocycles. The van der Waals surface area contributed by atoms with Gasteiger partial charge in [0.15, 0.2) is 29.6 Å². The summed E-state index contributed by atoms with van der Waals surface area (Å²) in [6.07, 6.45) is 1.62. The van der Waals surface area contributed by atoms with E-state index < -0.39 is 12.6 Å². The standard InChI is InChI=1S/C32H36ClN3O7/c1-21(2)15-16-36(20-37,24-13-14-27(41-4)32(42-5)30(24)33)18-28-34-31-23(10-8-12-26(31)43-19-29(38)39)35(28)17-22-9-6-7-11-25(22)40-3/h6-14,20-21H,15-19H2,1-5H3/p+1. The highest BCUT2D eigenvalue weighted by Gasteiger charge is 2.37. The Morgan fingerprint density at radius 3 is 2.37 bits per heavy atom. The van der Waals surface area contributed by atoms with Crippen molar-refractivity contribution in [2.75, 3.05) is 34.5 Å². The number of aliphatic carboxylic acids is 1. The van der Waals surface area contributed by atoms with Gasteiger partial charge >= 0.3 is 12.4 Å². The number of carbonyl (C=O) groups is 2. The Labute approximate surface area is 255 Å².